The zero-order valence-corrected chi connectivity index (χ0v) is 17.1. The maximum absolute atomic E-state index is 12.1. The first-order valence-electron chi connectivity index (χ1n) is 9.16. The van der Waals surface area contributed by atoms with Gasteiger partial charge in [0.05, 0.1) is 23.5 Å². The molecule has 8 heteroatoms. The van der Waals surface area contributed by atoms with Crippen molar-refractivity contribution in [3.8, 4) is 0 Å². The van der Waals surface area contributed by atoms with Crippen LogP contribution in [-0.4, -0.2) is 36.6 Å². The van der Waals surface area contributed by atoms with E-state index in [1.165, 1.54) is 6.26 Å². The quantitative estimate of drug-likeness (QED) is 0.399. The molecule has 1 atom stereocenters. The number of carbonyl (C=O) groups is 1. The van der Waals surface area contributed by atoms with Crippen LogP contribution in [0.1, 0.15) is 31.6 Å². The largest absolute Gasteiger partial charge is 0.466 e. The van der Waals surface area contributed by atoms with Gasteiger partial charge in [0, 0.05) is 19.5 Å². The Hall–Kier alpha value is -2.51. The molecule has 0 saturated carbocycles. The van der Waals surface area contributed by atoms with Crippen molar-refractivity contribution in [3.05, 3.63) is 52.9 Å². The van der Waals surface area contributed by atoms with E-state index in [-0.39, 0.29) is 18.9 Å². The molecule has 0 aliphatic heterocycles. The van der Waals surface area contributed by atoms with Crippen LogP contribution in [0.25, 0.3) is 0 Å². The lowest BCUT2D eigenvalue weighted by atomic mass is 10.0. The van der Waals surface area contributed by atoms with Crippen molar-refractivity contribution in [3.63, 3.8) is 0 Å². The molecule has 0 spiro atoms. The number of aliphatic hydroxyl groups is 1. The Labute approximate surface area is 170 Å². The number of guanidine groups is 1. The second-order valence-corrected chi connectivity index (χ2v) is 7.06. The molecule has 152 valence electrons. The van der Waals surface area contributed by atoms with Crippen LogP contribution < -0.4 is 16.0 Å². The lowest BCUT2D eigenvalue weighted by molar-refractivity contribution is -0.116. The van der Waals surface area contributed by atoms with Crippen LogP contribution >= 0.6 is 11.6 Å². The summed E-state index contributed by atoms with van der Waals surface area (Å²) in [6, 6.07) is 8.90. The lowest BCUT2D eigenvalue weighted by Crippen LogP contribution is -2.40. The Morgan fingerprint density at radius 3 is 2.75 bits per heavy atom. The third-order valence-corrected chi connectivity index (χ3v) is 4.30. The highest BCUT2D eigenvalue weighted by molar-refractivity contribution is 6.33. The third kappa shape index (κ3) is 6.58. The van der Waals surface area contributed by atoms with Crippen molar-refractivity contribution in [2.75, 3.05) is 25.0 Å². The van der Waals surface area contributed by atoms with Gasteiger partial charge < -0.3 is 25.5 Å². The molecular formula is C20H27ClN4O3. The summed E-state index contributed by atoms with van der Waals surface area (Å²) < 4.78 is 5.25. The maximum Gasteiger partial charge on any atom is 0.226 e. The van der Waals surface area contributed by atoms with Crippen LogP contribution in [0, 0.1) is 6.92 Å². The predicted octanol–water partition coefficient (Wildman–Crippen LogP) is 3.03. The molecule has 2 aromatic rings. The number of hydrogen-bond acceptors (Lipinski definition) is 4. The summed E-state index contributed by atoms with van der Waals surface area (Å²) in [5, 5.41) is 20.0. The number of rotatable bonds is 8. The molecule has 1 aromatic carbocycles. The molecule has 0 radical (unpaired) electrons. The number of halogens is 1. The number of nitrogens with zero attached hydrogens (tertiary/aromatic N) is 1. The second-order valence-electron chi connectivity index (χ2n) is 6.65. The minimum absolute atomic E-state index is 0.112. The van der Waals surface area contributed by atoms with Crippen LogP contribution in [0.5, 0.6) is 0 Å². The molecule has 1 unspecified atom stereocenters. The van der Waals surface area contributed by atoms with Crippen molar-refractivity contribution in [1.29, 1.82) is 0 Å². The average molecular weight is 407 g/mol. The van der Waals surface area contributed by atoms with Crippen molar-refractivity contribution >= 4 is 29.2 Å². The summed E-state index contributed by atoms with van der Waals surface area (Å²) in [4.78, 5) is 16.5. The van der Waals surface area contributed by atoms with E-state index in [1.807, 2.05) is 19.9 Å². The van der Waals surface area contributed by atoms with Gasteiger partial charge in [0.1, 0.15) is 11.4 Å². The molecular weight excluding hydrogens is 380 g/mol. The predicted molar refractivity (Wildman–Crippen MR) is 112 cm³/mol. The minimum atomic E-state index is -1.22. The van der Waals surface area contributed by atoms with Gasteiger partial charge in [-0.25, -0.2) is 4.99 Å². The lowest BCUT2D eigenvalue weighted by Gasteiger charge is -2.19. The van der Waals surface area contributed by atoms with Gasteiger partial charge in [-0.15, -0.1) is 0 Å². The van der Waals surface area contributed by atoms with Crippen molar-refractivity contribution in [2.45, 2.75) is 32.8 Å². The summed E-state index contributed by atoms with van der Waals surface area (Å²) in [5.41, 5.74) is 0.403. The number of aliphatic imine (C=N–C) groups is 1. The molecule has 0 aliphatic carbocycles. The molecule has 0 bridgehead atoms. The molecule has 28 heavy (non-hydrogen) atoms. The summed E-state index contributed by atoms with van der Waals surface area (Å²) in [6.07, 6.45) is 1.75. The molecule has 1 heterocycles. The minimum Gasteiger partial charge on any atom is -0.466 e. The molecule has 1 aromatic heterocycles. The van der Waals surface area contributed by atoms with Crippen molar-refractivity contribution in [1.82, 2.24) is 10.6 Å². The smallest absolute Gasteiger partial charge is 0.226 e. The normalized spacial score (nSPS) is 13.7. The van der Waals surface area contributed by atoms with Crippen LogP contribution in [0.2, 0.25) is 5.02 Å². The SMILES string of the molecule is CCNC(=NCC(C)(O)c1ccco1)NCCC(=O)Nc1ccc(C)cc1Cl. The third-order valence-electron chi connectivity index (χ3n) is 3.98. The van der Waals surface area contributed by atoms with Gasteiger partial charge in [0.25, 0.3) is 0 Å². The number of furan rings is 1. The number of hydrogen-bond donors (Lipinski definition) is 4. The van der Waals surface area contributed by atoms with Gasteiger partial charge in [-0.2, -0.15) is 0 Å². The fourth-order valence-corrected chi connectivity index (χ4v) is 2.75. The highest BCUT2D eigenvalue weighted by Gasteiger charge is 2.26. The first-order valence-corrected chi connectivity index (χ1v) is 9.54. The van der Waals surface area contributed by atoms with E-state index in [0.717, 1.165) is 5.56 Å². The Bertz CT molecular complexity index is 804. The van der Waals surface area contributed by atoms with E-state index in [1.54, 1.807) is 31.2 Å². The molecule has 1 amide bonds. The fourth-order valence-electron chi connectivity index (χ4n) is 2.47. The Morgan fingerprint density at radius 1 is 1.32 bits per heavy atom. The maximum atomic E-state index is 12.1. The first kappa shape index (κ1) is 21.8. The Kier molecular flexibility index (Phi) is 7.90. The van der Waals surface area contributed by atoms with E-state index >= 15 is 0 Å². The second kappa shape index (κ2) is 10.1. The van der Waals surface area contributed by atoms with E-state index in [0.29, 0.717) is 35.5 Å². The number of aryl methyl sites for hydroxylation is 1. The van der Waals surface area contributed by atoms with Crippen molar-refractivity contribution in [2.24, 2.45) is 4.99 Å². The molecule has 0 fully saturated rings. The van der Waals surface area contributed by atoms with Gasteiger partial charge in [-0.1, -0.05) is 17.7 Å². The highest BCUT2D eigenvalue weighted by atomic mass is 35.5. The zero-order valence-electron chi connectivity index (χ0n) is 16.4. The molecule has 7 nitrogen and oxygen atoms in total. The van der Waals surface area contributed by atoms with Gasteiger partial charge in [-0.3, -0.25) is 4.79 Å². The summed E-state index contributed by atoms with van der Waals surface area (Å²) >= 11 is 6.13. The fraction of sp³-hybridized carbons (Fsp3) is 0.400. The average Bonchev–Trinajstić information content (AvgIpc) is 3.18. The van der Waals surface area contributed by atoms with Crippen LogP contribution in [0.4, 0.5) is 5.69 Å². The summed E-state index contributed by atoms with van der Waals surface area (Å²) in [5.74, 6) is 0.800. The topological polar surface area (TPSA) is 98.9 Å². The van der Waals surface area contributed by atoms with E-state index in [9.17, 15) is 9.90 Å². The summed E-state index contributed by atoms with van der Waals surface area (Å²) in [6.45, 7) is 6.66. The Morgan fingerprint density at radius 2 is 2.11 bits per heavy atom. The number of carbonyl (C=O) groups excluding carboxylic acids is 1. The van der Waals surface area contributed by atoms with E-state index < -0.39 is 5.60 Å². The molecule has 2 rings (SSSR count). The summed E-state index contributed by atoms with van der Waals surface area (Å²) in [7, 11) is 0. The first-order chi connectivity index (χ1) is 13.3. The number of benzene rings is 1. The number of anilines is 1. The molecule has 0 saturated heterocycles. The van der Waals surface area contributed by atoms with Gasteiger partial charge >= 0.3 is 0 Å². The molecule has 0 aliphatic rings. The highest BCUT2D eigenvalue weighted by Crippen LogP contribution is 2.23. The van der Waals surface area contributed by atoms with Crippen LogP contribution in [0.15, 0.2) is 46.0 Å². The van der Waals surface area contributed by atoms with E-state index in [4.69, 9.17) is 16.0 Å². The standard InChI is InChI=1S/C20H27ClN4O3/c1-4-22-19(24-13-20(3,27)17-6-5-11-28-17)23-10-9-18(26)25-16-8-7-14(2)12-15(16)21/h5-8,11-12,27H,4,9-10,13H2,1-3H3,(H,25,26)(H2,22,23,24). The van der Waals surface area contributed by atoms with Gasteiger partial charge in [-0.05, 0) is 50.6 Å². The zero-order chi connectivity index (χ0) is 20.6. The van der Waals surface area contributed by atoms with Gasteiger partial charge in [0.2, 0.25) is 5.91 Å². The van der Waals surface area contributed by atoms with Crippen molar-refractivity contribution < 1.29 is 14.3 Å². The monoisotopic (exact) mass is 406 g/mol. The van der Waals surface area contributed by atoms with E-state index in [2.05, 4.69) is 20.9 Å². The van der Waals surface area contributed by atoms with Gasteiger partial charge in [0.15, 0.2) is 5.96 Å². The number of amides is 1. The van der Waals surface area contributed by atoms with Crippen LogP contribution in [-0.2, 0) is 10.4 Å². The number of nitrogens with one attached hydrogen (secondary N) is 3. The Balaban J connectivity index is 1.86. The molecule has 4 N–H and O–H groups in total. The van der Waals surface area contributed by atoms with Crippen LogP contribution in [0.3, 0.4) is 0 Å².